The standard InChI is InChI=1S/C13H16BrN3O/c14-13-4-3-11(18-13)9-17-7-1-2-10(8-17)12-5-6-15-16-12/h3-6,10H,1-2,7-9H2,(H,15,16). The number of aromatic amines is 1. The number of likely N-dealkylation sites (tertiary alicyclic amines) is 1. The summed E-state index contributed by atoms with van der Waals surface area (Å²) in [6.07, 6.45) is 4.30. The van der Waals surface area contributed by atoms with Crippen LogP contribution < -0.4 is 0 Å². The summed E-state index contributed by atoms with van der Waals surface area (Å²) < 4.78 is 6.37. The average Bonchev–Trinajstić information content (AvgIpc) is 3.01. The lowest BCUT2D eigenvalue weighted by Crippen LogP contribution is -2.33. The SMILES string of the molecule is Brc1ccc(CN2CCCC(c3ccn[nH]3)C2)o1. The molecule has 3 rings (SSSR count). The van der Waals surface area contributed by atoms with E-state index in [0.717, 1.165) is 30.1 Å². The van der Waals surface area contributed by atoms with Gasteiger partial charge in [0, 0.05) is 24.4 Å². The third kappa shape index (κ3) is 2.67. The van der Waals surface area contributed by atoms with Gasteiger partial charge in [-0.15, -0.1) is 0 Å². The zero-order chi connectivity index (χ0) is 12.4. The molecule has 1 aliphatic heterocycles. The molecule has 1 saturated heterocycles. The molecule has 18 heavy (non-hydrogen) atoms. The highest BCUT2D eigenvalue weighted by Crippen LogP contribution is 2.26. The van der Waals surface area contributed by atoms with Gasteiger partial charge in [0.15, 0.2) is 4.67 Å². The second kappa shape index (κ2) is 5.28. The molecular weight excluding hydrogens is 294 g/mol. The Balaban J connectivity index is 1.63. The van der Waals surface area contributed by atoms with Crippen LogP contribution in [0.1, 0.15) is 30.2 Å². The molecule has 0 aromatic carbocycles. The monoisotopic (exact) mass is 309 g/mol. The van der Waals surface area contributed by atoms with E-state index in [2.05, 4.69) is 37.1 Å². The maximum Gasteiger partial charge on any atom is 0.169 e. The Labute approximate surface area is 114 Å². The van der Waals surface area contributed by atoms with Crippen LogP contribution in [0.5, 0.6) is 0 Å². The van der Waals surface area contributed by atoms with Gasteiger partial charge in [0.2, 0.25) is 0 Å². The van der Waals surface area contributed by atoms with Crippen molar-refractivity contribution in [3.63, 3.8) is 0 Å². The van der Waals surface area contributed by atoms with E-state index in [-0.39, 0.29) is 0 Å². The van der Waals surface area contributed by atoms with E-state index >= 15 is 0 Å². The number of nitrogens with one attached hydrogen (secondary N) is 1. The molecule has 3 heterocycles. The van der Waals surface area contributed by atoms with Crippen molar-refractivity contribution in [3.8, 4) is 0 Å². The number of aromatic nitrogens is 2. The molecule has 96 valence electrons. The number of furan rings is 1. The molecular formula is C13H16BrN3O. The minimum Gasteiger partial charge on any atom is -0.453 e. The molecule has 2 aromatic heterocycles. The van der Waals surface area contributed by atoms with Crippen molar-refractivity contribution in [2.45, 2.75) is 25.3 Å². The summed E-state index contributed by atoms with van der Waals surface area (Å²) in [5, 5.41) is 7.13. The Morgan fingerprint density at radius 2 is 2.39 bits per heavy atom. The second-order valence-corrected chi connectivity index (χ2v) is 5.57. The minimum absolute atomic E-state index is 0.569. The predicted molar refractivity (Wildman–Crippen MR) is 72.2 cm³/mol. The van der Waals surface area contributed by atoms with Gasteiger partial charge in [-0.25, -0.2) is 0 Å². The van der Waals surface area contributed by atoms with Gasteiger partial charge in [-0.3, -0.25) is 10.00 Å². The average molecular weight is 310 g/mol. The van der Waals surface area contributed by atoms with E-state index < -0.39 is 0 Å². The Kier molecular flexibility index (Phi) is 3.52. The molecule has 0 saturated carbocycles. The molecule has 1 aliphatic rings. The van der Waals surface area contributed by atoms with E-state index in [4.69, 9.17) is 4.42 Å². The highest BCUT2D eigenvalue weighted by Gasteiger charge is 2.22. The van der Waals surface area contributed by atoms with Gasteiger partial charge in [0.1, 0.15) is 5.76 Å². The molecule has 4 nitrogen and oxygen atoms in total. The smallest absolute Gasteiger partial charge is 0.169 e. The Morgan fingerprint density at radius 1 is 1.44 bits per heavy atom. The van der Waals surface area contributed by atoms with Crippen LogP contribution in [0.15, 0.2) is 33.5 Å². The summed E-state index contributed by atoms with van der Waals surface area (Å²) in [6.45, 7) is 3.10. The van der Waals surface area contributed by atoms with Gasteiger partial charge < -0.3 is 4.42 Å². The molecule has 0 bridgehead atoms. The van der Waals surface area contributed by atoms with Crippen molar-refractivity contribution in [1.82, 2.24) is 15.1 Å². The Morgan fingerprint density at radius 3 is 3.11 bits per heavy atom. The molecule has 0 spiro atoms. The molecule has 5 heteroatoms. The lowest BCUT2D eigenvalue weighted by Gasteiger charge is -2.31. The maximum absolute atomic E-state index is 5.57. The molecule has 1 fully saturated rings. The van der Waals surface area contributed by atoms with Crippen LogP contribution in [0.3, 0.4) is 0 Å². The zero-order valence-corrected chi connectivity index (χ0v) is 11.7. The first kappa shape index (κ1) is 12.0. The van der Waals surface area contributed by atoms with E-state index in [9.17, 15) is 0 Å². The summed E-state index contributed by atoms with van der Waals surface area (Å²) in [5.41, 5.74) is 1.25. The largest absolute Gasteiger partial charge is 0.453 e. The summed E-state index contributed by atoms with van der Waals surface area (Å²) >= 11 is 3.34. The first-order chi connectivity index (χ1) is 8.81. The van der Waals surface area contributed by atoms with E-state index in [1.54, 1.807) is 0 Å². The number of halogens is 1. The van der Waals surface area contributed by atoms with Gasteiger partial charge >= 0.3 is 0 Å². The topological polar surface area (TPSA) is 45.1 Å². The quantitative estimate of drug-likeness (QED) is 0.947. The van der Waals surface area contributed by atoms with E-state index in [1.807, 2.05) is 18.3 Å². The summed E-state index contributed by atoms with van der Waals surface area (Å²) in [4.78, 5) is 2.44. The van der Waals surface area contributed by atoms with Crippen molar-refractivity contribution in [1.29, 1.82) is 0 Å². The normalized spacial score (nSPS) is 21.3. The fourth-order valence-corrected chi connectivity index (χ4v) is 2.94. The summed E-state index contributed by atoms with van der Waals surface area (Å²) in [6, 6.07) is 6.06. The highest BCUT2D eigenvalue weighted by atomic mass is 79.9. The first-order valence-electron chi connectivity index (χ1n) is 6.27. The van der Waals surface area contributed by atoms with Crippen LogP contribution in [-0.4, -0.2) is 28.2 Å². The number of H-pyrrole nitrogens is 1. The Bertz CT molecular complexity index is 494. The third-order valence-electron chi connectivity index (χ3n) is 3.48. The zero-order valence-electron chi connectivity index (χ0n) is 10.1. The van der Waals surface area contributed by atoms with Crippen LogP contribution in [-0.2, 0) is 6.54 Å². The van der Waals surface area contributed by atoms with Crippen LogP contribution in [0.4, 0.5) is 0 Å². The molecule has 1 unspecified atom stereocenters. The lowest BCUT2D eigenvalue weighted by molar-refractivity contribution is 0.184. The van der Waals surface area contributed by atoms with Gasteiger partial charge in [-0.1, -0.05) is 0 Å². The Hall–Kier alpha value is -1.07. The molecule has 1 N–H and O–H groups in total. The van der Waals surface area contributed by atoms with E-state index in [1.165, 1.54) is 18.5 Å². The summed E-state index contributed by atoms with van der Waals surface area (Å²) in [5.74, 6) is 1.59. The molecule has 1 atom stereocenters. The fourth-order valence-electron chi connectivity index (χ4n) is 2.60. The van der Waals surface area contributed by atoms with Crippen LogP contribution in [0.25, 0.3) is 0 Å². The third-order valence-corrected chi connectivity index (χ3v) is 3.90. The molecule has 0 aliphatic carbocycles. The fraction of sp³-hybridized carbons (Fsp3) is 0.462. The van der Waals surface area contributed by atoms with Crippen LogP contribution >= 0.6 is 15.9 Å². The predicted octanol–water partition coefficient (Wildman–Crippen LogP) is 3.14. The second-order valence-electron chi connectivity index (χ2n) is 4.79. The minimum atomic E-state index is 0.569. The van der Waals surface area contributed by atoms with Crippen molar-refractivity contribution in [3.05, 3.63) is 40.5 Å². The number of nitrogens with zero attached hydrogens (tertiary/aromatic N) is 2. The molecule has 0 radical (unpaired) electrons. The van der Waals surface area contributed by atoms with Crippen LogP contribution in [0.2, 0.25) is 0 Å². The maximum atomic E-state index is 5.57. The molecule has 2 aromatic rings. The molecule has 0 amide bonds. The van der Waals surface area contributed by atoms with Gasteiger partial charge in [-0.05, 0) is 53.5 Å². The van der Waals surface area contributed by atoms with E-state index in [0.29, 0.717) is 5.92 Å². The van der Waals surface area contributed by atoms with Crippen molar-refractivity contribution < 1.29 is 4.42 Å². The lowest BCUT2D eigenvalue weighted by atomic mass is 9.95. The number of hydrogen-bond acceptors (Lipinski definition) is 3. The summed E-state index contributed by atoms with van der Waals surface area (Å²) in [7, 11) is 0. The van der Waals surface area contributed by atoms with Crippen LogP contribution in [0, 0.1) is 0 Å². The number of hydrogen-bond donors (Lipinski definition) is 1. The van der Waals surface area contributed by atoms with Gasteiger partial charge in [0.05, 0.1) is 6.54 Å². The van der Waals surface area contributed by atoms with Gasteiger partial charge in [0.25, 0.3) is 0 Å². The number of rotatable bonds is 3. The van der Waals surface area contributed by atoms with Crippen molar-refractivity contribution >= 4 is 15.9 Å². The van der Waals surface area contributed by atoms with Crippen molar-refractivity contribution in [2.24, 2.45) is 0 Å². The number of piperidine rings is 1. The highest BCUT2D eigenvalue weighted by molar-refractivity contribution is 9.10. The van der Waals surface area contributed by atoms with Crippen molar-refractivity contribution in [2.75, 3.05) is 13.1 Å². The van der Waals surface area contributed by atoms with Gasteiger partial charge in [-0.2, -0.15) is 5.10 Å². The first-order valence-corrected chi connectivity index (χ1v) is 7.06.